The molecule has 0 aliphatic carbocycles. The van der Waals surface area contributed by atoms with Crippen LogP contribution in [0.1, 0.15) is 67.5 Å². The van der Waals surface area contributed by atoms with Crippen LogP contribution >= 0.6 is 0 Å². The zero-order valence-electron chi connectivity index (χ0n) is 33.4. The largest absolute Gasteiger partial charge is 0.397 e. The third kappa shape index (κ3) is 20.1. The lowest BCUT2D eigenvalue weighted by Crippen LogP contribution is -2.16. The molecular weight excluding hydrogens is 789 g/mol. The number of fused-ring (bicyclic) bond motifs is 1. The highest BCUT2D eigenvalue weighted by Crippen LogP contribution is 2.31. The summed E-state index contributed by atoms with van der Waals surface area (Å²) in [6, 6.07) is 18.9. The first-order valence-corrected chi connectivity index (χ1v) is 22.7. The second-order valence-electron chi connectivity index (χ2n) is 11.0. The zero-order valence-corrected chi connectivity index (χ0v) is 36.7. The number of hydrogen-bond donors (Lipinski definition) is 3. The Hall–Kier alpha value is -3.74. The molecule has 0 aliphatic rings. The van der Waals surface area contributed by atoms with E-state index in [0.29, 0.717) is 5.56 Å². The van der Waals surface area contributed by atoms with Gasteiger partial charge in [-0.15, -0.1) is 26.3 Å². The van der Waals surface area contributed by atoms with Crippen molar-refractivity contribution in [1.82, 2.24) is 0 Å². The van der Waals surface area contributed by atoms with Crippen LogP contribution < -0.4 is 0 Å². The molecule has 0 fully saturated rings. The van der Waals surface area contributed by atoms with Gasteiger partial charge in [-0.1, -0.05) is 88.2 Å². The van der Waals surface area contributed by atoms with E-state index in [1.54, 1.807) is 13.0 Å². The predicted octanol–water partition coefficient (Wildman–Crippen LogP) is 9.20. The Kier molecular flexibility index (Phi) is 26.5. The fourth-order valence-electron chi connectivity index (χ4n) is 4.20. The van der Waals surface area contributed by atoms with Crippen molar-refractivity contribution >= 4 is 51.2 Å². The molecule has 0 amide bonds. The third-order valence-electron chi connectivity index (χ3n) is 7.00. The van der Waals surface area contributed by atoms with E-state index in [-0.39, 0.29) is 10.5 Å². The van der Waals surface area contributed by atoms with Gasteiger partial charge < -0.3 is 0 Å². The molecular formula is C39H58O12S4. The molecule has 4 rings (SSSR count). The Morgan fingerprint density at radius 2 is 1.02 bits per heavy atom. The second kappa shape index (κ2) is 26.2. The number of benzene rings is 4. The molecule has 0 atom stereocenters. The van der Waals surface area contributed by atoms with Crippen LogP contribution in [0.3, 0.4) is 0 Å². The highest BCUT2D eigenvalue weighted by molar-refractivity contribution is 7.91. The highest BCUT2D eigenvalue weighted by atomic mass is 32.3. The minimum Gasteiger partial charge on any atom is -0.282 e. The first kappa shape index (κ1) is 55.6. The quantitative estimate of drug-likeness (QED) is 0.118. The van der Waals surface area contributed by atoms with Crippen LogP contribution in [-0.2, 0) is 44.7 Å². The second-order valence-corrected chi connectivity index (χ2v) is 17.0. The Labute approximate surface area is 330 Å². The van der Waals surface area contributed by atoms with E-state index in [0.717, 1.165) is 39.6 Å². The van der Waals surface area contributed by atoms with E-state index in [2.05, 4.69) is 63.4 Å². The van der Waals surface area contributed by atoms with Crippen LogP contribution in [0.4, 0.5) is 0 Å². The predicted molar refractivity (Wildman–Crippen MR) is 224 cm³/mol. The Morgan fingerprint density at radius 3 is 1.42 bits per heavy atom. The summed E-state index contributed by atoms with van der Waals surface area (Å²) in [5.74, 6) is -0.805. The molecule has 0 heterocycles. The molecule has 0 unspecified atom stereocenters. The summed E-state index contributed by atoms with van der Waals surface area (Å²) in [5, 5.41) is 1.91. The zero-order chi connectivity index (χ0) is 44.0. The van der Waals surface area contributed by atoms with Crippen molar-refractivity contribution in [2.45, 2.75) is 90.3 Å². The SMILES string of the molecule is C=C.C=C.CC.CCC.Cc1ccc(S(=O)(=O)CCOS(=O)(=O)O)cc1S(=O)(=O)O.Cc1ccc2c(C)c(C)c(S(=O)(=O)O)cc2c1C.Cc1ccccc1. The number of rotatable bonds is 7. The van der Waals surface area contributed by atoms with Gasteiger partial charge in [-0.2, -0.15) is 25.3 Å². The summed E-state index contributed by atoms with van der Waals surface area (Å²) in [7, 11) is -17.6. The van der Waals surface area contributed by atoms with Gasteiger partial charge in [0.2, 0.25) is 0 Å². The molecule has 4 aromatic carbocycles. The van der Waals surface area contributed by atoms with Gasteiger partial charge in [0.25, 0.3) is 20.2 Å². The van der Waals surface area contributed by atoms with Crippen molar-refractivity contribution < 1.29 is 51.5 Å². The van der Waals surface area contributed by atoms with Gasteiger partial charge in [-0.3, -0.25) is 13.7 Å². The lowest BCUT2D eigenvalue weighted by atomic mass is 9.95. The molecule has 55 heavy (non-hydrogen) atoms. The Balaban J connectivity index is -0.000000713. The van der Waals surface area contributed by atoms with Gasteiger partial charge in [0.05, 0.1) is 27.0 Å². The summed E-state index contributed by atoms with van der Waals surface area (Å²) in [6.45, 7) is 30.4. The van der Waals surface area contributed by atoms with Crippen LogP contribution in [0.5, 0.6) is 0 Å². The van der Waals surface area contributed by atoms with Crippen LogP contribution in [0.25, 0.3) is 10.8 Å². The van der Waals surface area contributed by atoms with E-state index in [9.17, 15) is 38.2 Å². The van der Waals surface area contributed by atoms with Gasteiger partial charge in [-0.05, 0) is 98.3 Å². The van der Waals surface area contributed by atoms with E-state index in [1.807, 2.05) is 65.0 Å². The average molecular weight is 847 g/mol. The average Bonchev–Trinajstić information content (AvgIpc) is 3.10. The molecule has 0 bridgehead atoms. The highest BCUT2D eigenvalue weighted by Gasteiger charge is 2.21. The van der Waals surface area contributed by atoms with Crippen molar-refractivity contribution in [3.8, 4) is 0 Å². The fourth-order valence-corrected chi connectivity index (χ4v) is 7.34. The summed E-state index contributed by atoms with van der Waals surface area (Å²) in [5.41, 5.74) is 5.11. The number of sulfone groups is 1. The van der Waals surface area contributed by atoms with Crippen molar-refractivity contribution in [2.75, 3.05) is 12.4 Å². The summed E-state index contributed by atoms with van der Waals surface area (Å²) in [4.78, 5) is -1.000. The van der Waals surface area contributed by atoms with E-state index in [1.165, 1.54) is 25.0 Å². The normalized spacial score (nSPS) is 10.7. The topological polar surface area (TPSA) is 206 Å². The van der Waals surface area contributed by atoms with Crippen LogP contribution in [-0.4, -0.2) is 59.7 Å². The van der Waals surface area contributed by atoms with Gasteiger partial charge in [0.1, 0.15) is 0 Å². The van der Waals surface area contributed by atoms with Gasteiger partial charge in [0.15, 0.2) is 9.84 Å². The maximum absolute atomic E-state index is 11.9. The first-order valence-electron chi connectivity index (χ1n) is 16.8. The molecule has 310 valence electrons. The number of aryl methyl sites for hydroxylation is 5. The summed E-state index contributed by atoms with van der Waals surface area (Å²) in [6.07, 6.45) is 1.25. The molecule has 0 aromatic heterocycles. The number of hydrogen-bond acceptors (Lipinski definition) is 9. The maximum atomic E-state index is 11.9. The van der Waals surface area contributed by atoms with Crippen LogP contribution in [0.2, 0.25) is 0 Å². The summed E-state index contributed by atoms with van der Waals surface area (Å²) < 4.78 is 120. The molecule has 3 N–H and O–H groups in total. The molecule has 0 aliphatic heterocycles. The van der Waals surface area contributed by atoms with Crippen molar-refractivity contribution in [1.29, 1.82) is 0 Å². The molecule has 0 saturated carbocycles. The van der Waals surface area contributed by atoms with E-state index in [4.69, 9.17) is 9.11 Å². The molecule has 0 saturated heterocycles. The van der Waals surface area contributed by atoms with Gasteiger partial charge in [-0.25, -0.2) is 12.6 Å². The molecule has 4 aromatic rings. The molecule has 12 nitrogen and oxygen atoms in total. The molecule has 0 spiro atoms. The minimum atomic E-state index is -4.77. The van der Waals surface area contributed by atoms with Crippen molar-refractivity contribution in [2.24, 2.45) is 0 Å². The lowest BCUT2D eigenvalue weighted by molar-refractivity contribution is 0.284. The summed E-state index contributed by atoms with van der Waals surface area (Å²) >= 11 is 0. The van der Waals surface area contributed by atoms with Gasteiger partial charge >= 0.3 is 10.4 Å². The first-order chi connectivity index (χ1) is 25.4. The van der Waals surface area contributed by atoms with Crippen molar-refractivity contribution in [3.05, 3.63) is 126 Å². The minimum absolute atomic E-state index is 0.00111. The van der Waals surface area contributed by atoms with Gasteiger partial charge in [0, 0.05) is 0 Å². The van der Waals surface area contributed by atoms with E-state index < -0.39 is 62.6 Å². The standard InChI is InChI=1S/C14H16O3S.C9H12O9S3.C7H8.C3H8.C2H6.2C2H4/c1-8-5-6-12-10(3)11(4)14(18(15,16)17)7-13(12)9(8)2;1-7-2-3-8(6-9(7)20(12,13)14)19(10,11)5-4-18-21(15,16)17;1-7-5-3-2-4-6-7;1-3-2;3*1-2/h5-7H,1-4H3,(H,15,16,17);2-3,6H,4-5H2,1H3,(H,12,13,14)(H,15,16,17);2-6H,1H3;3H2,1-2H3;1-2H3;2*1-2H2. The molecule has 16 heteroatoms. The smallest absolute Gasteiger partial charge is 0.282 e. The monoisotopic (exact) mass is 846 g/mol. The lowest BCUT2D eigenvalue weighted by Gasteiger charge is -2.13. The maximum Gasteiger partial charge on any atom is 0.397 e. The van der Waals surface area contributed by atoms with Crippen LogP contribution in [0.15, 0.2) is 108 Å². The Bertz CT molecular complexity index is 2210. The van der Waals surface area contributed by atoms with Crippen molar-refractivity contribution in [3.63, 3.8) is 0 Å². The van der Waals surface area contributed by atoms with E-state index >= 15 is 0 Å². The third-order valence-corrected chi connectivity index (χ3v) is 11.1. The molecule has 0 radical (unpaired) electrons. The Morgan fingerprint density at radius 1 is 0.564 bits per heavy atom. The fraction of sp³-hybridized carbons (Fsp3) is 0.333. The van der Waals surface area contributed by atoms with Crippen LogP contribution in [0, 0.1) is 41.5 Å².